The van der Waals surface area contributed by atoms with Crippen LogP contribution in [0.25, 0.3) is 0 Å². The minimum Gasteiger partial charge on any atom is -0.477 e. The first kappa shape index (κ1) is 14.7. The number of aromatic amines is 1. The number of sulfonamides is 1. The lowest BCUT2D eigenvalue weighted by Crippen LogP contribution is -2.26. The van der Waals surface area contributed by atoms with Crippen LogP contribution in [0.2, 0.25) is 0 Å². The molecule has 0 aliphatic heterocycles. The number of carbonyl (C=O) groups is 1. The highest BCUT2D eigenvalue weighted by atomic mass is 32.2. The fourth-order valence-corrected chi connectivity index (χ4v) is 3.63. The molecule has 2 rings (SSSR count). The molecule has 9 heteroatoms. The third-order valence-corrected chi connectivity index (χ3v) is 5.15. The van der Waals surface area contributed by atoms with Gasteiger partial charge in [0.1, 0.15) is 15.6 Å². The molecule has 0 aliphatic carbocycles. The summed E-state index contributed by atoms with van der Waals surface area (Å²) < 4.78 is 26.7. The summed E-state index contributed by atoms with van der Waals surface area (Å²) in [6.45, 7) is 3.56. The minimum atomic E-state index is -3.79. The van der Waals surface area contributed by atoms with Crippen molar-refractivity contribution in [2.75, 3.05) is 0 Å². The van der Waals surface area contributed by atoms with Gasteiger partial charge in [-0.15, -0.1) is 11.3 Å². The number of thiazole rings is 1. The van der Waals surface area contributed by atoms with Gasteiger partial charge in [0.05, 0.1) is 6.04 Å². The maximum absolute atomic E-state index is 12.1. The van der Waals surface area contributed by atoms with Crippen LogP contribution in [0.1, 0.15) is 33.3 Å². The second-order valence-corrected chi connectivity index (χ2v) is 7.19. The first-order valence-electron chi connectivity index (χ1n) is 5.66. The number of nitrogens with one attached hydrogen (secondary N) is 2. The zero-order valence-electron chi connectivity index (χ0n) is 10.7. The summed E-state index contributed by atoms with van der Waals surface area (Å²) in [5, 5.41) is 9.42. The summed E-state index contributed by atoms with van der Waals surface area (Å²) >= 11 is 1.40. The van der Waals surface area contributed by atoms with E-state index in [9.17, 15) is 13.2 Å². The Bertz CT molecular complexity index is 732. The molecule has 0 amide bonds. The molecule has 0 saturated carbocycles. The molecule has 3 N–H and O–H groups in total. The van der Waals surface area contributed by atoms with E-state index in [1.54, 1.807) is 13.1 Å². The Balaban J connectivity index is 2.20. The van der Waals surface area contributed by atoms with Crippen molar-refractivity contribution in [2.45, 2.75) is 24.8 Å². The quantitative estimate of drug-likeness (QED) is 0.774. The molecule has 7 nitrogen and oxygen atoms in total. The lowest BCUT2D eigenvalue weighted by atomic mass is 10.4. The van der Waals surface area contributed by atoms with Crippen LogP contribution in [0.5, 0.6) is 0 Å². The molecule has 2 aromatic rings. The van der Waals surface area contributed by atoms with Crippen LogP contribution in [-0.2, 0) is 10.0 Å². The van der Waals surface area contributed by atoms with E-state index >= 15 is 0 Å². The molecule has 0 fully saturated rings. The molecule has 0 spiro atoms. The van der Waals surface area contributed by atoms with Crippen molar-refractivity contribution in [3.8, 4) is 0 Å². The van der Waals surface area contributed by atoms with Crippen LogP contribution >= 0.6 is 11.3 Å². The van der Waals surface area contributed by atoms with Crippen LogP contribution < -0.4 is 4.72 Å². The number of rotatable bonds is 5. The Hall–Kier alpha value is -1.71. The van der Waals surface area contributed by atoms with E-state index in [4.69, 9.17) is 5.11 Å². The molecule has 0 aliphatic rings. The number of H-pyrrole nitrogens is 1. The van der Waals surface area contributed by atoms with Crippen molar-refractivity contribution in [3.63, 3.8) is 0 Å². The molecule has 0 aromatic carbocycles. The minimum absolute atomic E-state index is 0.116. The van der Waals surface area contributed by atoms with Crippen LogP contribution in [0, 0.1) is 6.92 Å². The Kier molecular flexibility index (Phi) is 3.93. The van der Waals surface area contributed by atoms with Crippen molar-refractivity contribution < 1.29 is 18.3 Å². The van der Waals surface area contributed by atoms with E-state index in [1.807, 2.05) is 6.92 Å². The van der Waals surface area contributed by atoms with E-state index in [-0.39, 0.29) is 10.6 Å². The highest BCUT2D eigenvalue weighted by Crippen LogP contribution is 2.21. The second-order valence-electron chi connectivity index (χ2n) is 4.21. The average Bonchev–Trinajstić information content (AvgIpc) is 2.96. The molecule has 108 valence electrons. The van der Waals surface area contributed by atoms with Crippen molar-refractivity contribution in [3.05, 3.63) is 34.0 Å². The van der Waals surface area contributed by atoms with Gasteiger partial charge in [0.2, 0.25) is 10.0 Å². The van der Waals surface area contributed by atoms with Gasteiger partial charge in [-0.1, -0.05) is 0 Å². The molecular weight excluding hydrogens is 302 g/mol. The van der Waals surface area contributed by atoms with Crippen LogP contribution in [-0.4, -0.2) is 29.5 Å². The molecule has 0 saturated heterocycles. The highest BCUT2D eigenvalue weighted by Gasteiger charge is 2.22. The number of nitrogens with zero attached hydrogens (tertiary/aromatic N) is 1. The van der Waals surface area contributed by atoms with E-state index < -0.39 is 22.0 Å². The number of carboxylic acids is 1. The third-order valence-electron chi connectivity index (χ3n) is 2.54. The number of carboxylic acid groups (broad SMARTS) is 1. The molecule has 2 heterocycles. The van der Waals surface area contributed by atoms with Gasteiger partial charge in [-0.25, -0.2) is 22.9 Å². The summed E-state index contributed by atoms with van der Waals surface area (Å²) in [5.74, 6) is -1.21. The molecule has 1 atom stereocenters. The Labute approximate surface area is 119 Å². The maximum atomic E-state index is 12.1. The molecule has 20 heavy (non-hydrogen) atoms. The zero-order valence-corrected chi connectivity index (χ0v) is 12.4. The fraction of sp³-hybridized carbons (Fsp3) is 0.273. The van der Waals surface area contributed by atoms with E-state index in [1.165, 1.54) is 11.3 Å². The van der Waals surface area contributed by atoms with Crippen molar-refractivity contribution in [1.29, 1.82) is 0 Å². The van der Waals surface area contributed by atoms with Crippen molar-refractivity contribution in [1.82, 2.24) is 14.7 Å². The molecule has 0 radical (unpaired) electrons. The van der Waals surface area contributed by atoms with Gasteiger partial charge in [0.15, 0.2) is 0 Å². The van der Waals surface area contributed by atoms with Gasteiger partial charge in [-0.05, 0) is 19.9 Å². The number of aromatic nitrogens is 2. The van der Waals surface area contributed by atoms with E-state index in [2.05, 4.69) is 14.7 Å². The summed E-state index contributed by atoms with van der Waals surface area (Å²) in [6, 6.07) is 0.590. The summed E-state index contributed by atoms with van der Waals surface area (Å²) in [6.07, 6.45) is 2.81. The smallest absolute Gasteiger partial charge is 0.352 e. The predicted octanol–water partition coefficient (Wildman–Crippen LogP) is 1.52. The van der Waals surface area contributed by atoms with Gasteiger partial charge < -0.3 is 10.1 Å². The third kappa shape index (κ3) is 3.06. The van der Waals surface area contributed by atoms with Gasteiger partial charge in [0.25, 0.3) is 0 Å². The normalized spacial score (nSPS) is 13.3. The second kappa shape index (κ2) is 5.35. The van der Waals surface area contributed by atoms with Crippen molar-refractivity contribution in [2.24, 2.45) is 0 Å². The number of aromatic carboxylic acids is 1. The van der Waals surface area contributed by atoms with Crippen LogP contribution in [0.3, 0.4) is 0 Å². The van der Waals surface area contributed by atoms with Crippen LogP contribution in [0.4, 0.5) is 0 Å². The van der Waals surface area contributed by atoms with Gasteiger partial charge in [0, 0.05) is 17.3 Å². The topological polar surface area (TPSA) is 112 Å². The van der Waals surface area contributed by atoms with E-state index in [0.29, 0.717) is 5.01 Å². The summed E-state index contributed by atoms with van der Waals surface area (Å²) in [5.41, 5.74) is -0.178. The lowest BCUT2D eigenvalue weighted by Gasteiger charge is -2.10. The van der Waals surface area contributed by atoms with Gasteiger partial charge in [-0.3, -0.25) is 0 Å². The largest absolute Gasteiger partial charge is 0.477 e. The Morgan fingerprint density at radius 3 is 2.75 bits per heavy atom. The molecular formula is C11H13N3O4S2. The Morgan fingerprint density at radius 2 is 2.25 bits per heavy atom. The number of hydrogen-bond donors (Lipinski definition) is 3. The van der Waals surface area contributed by atoms with Gasteiger partial charge >= 0.3 is 5.97 Å². The molecule has 1 unspecified atom stereocenters. The van der Waals surface area contributed by atoms with E-state index in [0.717, 1.165) is 17.1 Å². The maximum Gasteiger partial charge on any atom is 0.352 e. The molecule has 0 bridgehead atoms. The molecule has 2 aromatic heterocycles. The zero-order chi connectivity index (χ0) is 14.9. The van der Waals surface area contributed by atoms with Gasteiger partial charge in [-0.2, -0.15) is 0 Å². The summed E-state index contributed by atoms with van der Waals surface area (Å²) in [4.78, 5) is 18.1. The van der Waals surface area contributed by atoms with Crippen LogP contribution in [0.15, 0.2) is 23.4 Å². The number of aryl methyl sites for hydroxylation is 1. The fourth-order valence-electron chi connectivity index (χ4n) is 1.58. The Morgan fingerprint density at radius 1 is 1.55 bits per heavy atom. The monoisotopic (exact) mass is 315 g/mol. The summed E-state index contributed by atoms with van der Waals surface area (Å²) in [7, 11) is -3.79. The van der Waals surface area contributed by atoms with Crippen molar-refractivity contribution >= 4 is 27.3 Å². The SMILES string of the molecule is Cc1cnc(C(C)NS(=O)(=O)c2c[nH]c(C(=O)O)c2)s1. The average molecular weight is 315 g/mol. The standard InChI is InChI=1S/C11H13N3O4S2/c1-6-4-13-10(19-6)7(2)14-20(17,18)8-3-9(11(15)16)12-5-8/h3-5,7,12,14H,1-2H3,(H,15,16). The lowest BCUT2D eigenvalue weighted by molar-refractivity contribution is 0.0691. The predicted molar refractivity (Wildman–Crippen MR) is 73.3 cm³/mol. The number of hydrogen-bond acceptors (Lipinski definition) is 5. The first-order valence-corrected chi connectivity index (χ1v) is 7.96. The highest BCUT2D eigenvalue weighted by molar-refractivity contribution is 7.89. The first-order chi connectivity index (χ1) is 9.29.